The summed E-state index contributed by atoms with van der Waals surface area (Å²) in [6.07, 6.45) is 1.18. The van der Waals surface area contributed by atoms with Crippen LogP contribution in [0.1, 0.15) is 25.0 Å². The van der Waals surface area contributed by atoms with Crippen LogP contribution < -0.4 is 14.8 Å². The van der Waals surface area contributed by atoms with Crippen LogP contribution in [-0.4, -0.2) is 54.3 Å². The van der Waals surface area contributed by atoms with Crippen LogP contribution in [0.3, 0.4) is 0 Å². The molecule has 0 bridgehead atoms. The Morgan fingerprint density at radius 1 is 1.09 bits per heavy atom. The van der Waals surface area contributed by atoms with Crippen molar-refractivity contribution in [3.8, 4) is 11.5 Å². The number of esters is 1. The van der Waals surface area contributed by atoms with E-state index in [0.29, 0.717) is 22.7 Å². The number of nitrogens with one attached hydrogen (secondary N) is 1. The van der Waals surface area contributed by atoms with Crippen molar-refractivity contribution < 1.29 is 33.4 Å². The first-order valence-corrected chi connectivity index (χ1v) is 11.6. The lowest BCUT2D eigenvalue weighted by atomic mass is 10.2. The molecule has 0 saturated carbocycles. The van der Waals surface area contributed by atoms with Crippen LogP contribution in [0.25, 0.3) is 6.08 Å². The molecular formula is C25H26N2O7S. The minimum absolute atomic E-state index is 0.167. The average Bonchev–Trinajstić information content (AvgIpc) is 3.06. The van der Waals surface area contributed by atoms with E-state index in [1.54, 1.807) is 44.2 Å². The molecule has 0 aromatic heterocycles. The summed E-state index contributed by atoms with van der Waals surface area (Å²) in [5.74, 6) is -0.870. The smallest absolute Gasteiger partial charge is 0.326 e. The van der Waals surface area contributed by atoms with Gasteiger partial charge in [-0.3, -0.25) is 24.1 Å². The van der Waals surface area contributed by atoms with Crippen molar-refractivity contribution in [2.24, 2.45) is 0 Å². The molecule has 2 aromatic rings. The quantitative estimate of drug-likeness (QED) is 0.408. The molecule has 0 aliphatic carbocycles. The molecule has 10 heteroatoms. The molecule has 35 heavy (non-hydrogen) atoms. The van der Waals surface area contributed by atoms with Crippen LogP contribution in [0.4, 0.5) is 10.5 Å². The summed E-state index contributed by atoms with van der Waals surface area (Å²) in [6.45, 7) is 4.65. The summed E-state index contributed by atoms with van der Waals surface area (Å²) in [5, 5.41) is 2.20. The van der Waals surface area contributed by atoms with E-state index in [0.717, 1.165) is 22.2 Å². The third-order valence-electron chi connectivity index (χ3n) is 4.71. The van der Waals surface area contributed by atoms with E-state index >= 15 is 0 Å². The van der Waals surface area contributed by atoms with Crippen LogP contribution in [0, 0.1) is 6.92 Å². The largest absolute Gasteiger partial charge is 0.493 e. The molecule has 1 saturated heterocycles. The van der Waals surface area contributed by atoms with Crippen molar-refractivity contribution in [3.05, 3.63) is 58.5 Å². The number of nitrogens with zero attached hydrogens (tertiary/aromatic N) is 1. The number of hydrogen-bond donors (Lipinski definition) is 1. The van der Waals surface area contributed by atoms with Crippen LogP contribution in [0.5, 0.6) is 11.5 Å². The number of benzene rings is 2. The zero-order valence-corrected chi connectivity index (χ0v) is 20.6. The van der Waals surface area contributed by atoms with Crippen LogP contribution in [0.15, 0.2) is 47.4 Å². The SMILES string of the molecule is COc1cc(/C=C2\SC(=O)N(CC(=O)OC(C)C)C2=O)ccc1OCC(=O)Nc1ccc(C)cc1. The molecule has 2 aromatic carbocycles. The van der Waals surface area contributed by atoms with Gasteiger partial charge >= 0.3 is 5.97 Å². The van der Waals surface area contributed by atoms with E-state index in [2.05, 4.69) is 5.32 Å². The van der Waals surface area contributed by atoms with E-state index < -0.39 is 23.7 Å². The molecule has 3 rings (SSSR count). The third kappa shape index (κ3) is 7.10. The van der Waals surface area contributed by atoms with Gasteiger partial charge in [-0.2, -0.15) is 0 Å². The molecule has 0 spiro atoms. The molecular weight excluding hydrogens is 472 g/mol. The maximum absolute atomic E-state index is 12.6. The fourth-order valence-corrected chi connectivity index (χ4v) is 3.93. The molecule has 1 aliphatic rings. The lowest BCUT2D eigenvalue weighted by Crippen LogP contribution is -2.35. The highest BCUT2D eigenvalue weighted by molar-refractivity contribution is 8.18. The molecule has 0 unspecified atom stereocenters. The second-order valence-electron chi connectivity index (χ2n) is 7.92. The number of ether oxygens (including phenoxy) is 3. The average molecular weight is 499 g/mol. The first-order valence-electron chi connectivity index (χ1n) is 10.8. The van der Waals surface area contributed by atoms with Gasteiger partial charge in [0.2, 0.25) is 0 Å². The van der Waals surface area contributed by atoms with Gasteiger partial charge < -0.3 is 19.5 Å². The van der Waals surface area contributed by atoms with Gasteiger partial charge in [0.15, 0.2) is 18.1 Å². The van der Waals surface area contributed by atoms with E-state index in [9.17, 15) is 19.2 Å². The second-order valence-corrected chi connectivity index (χ2v) is 8.91. The van der Waals surface area contributed by atoms with Crippen molar-refractivity contribution >= 4 is 46.5 Å². The third-order valence-corrected chi connectivity index (χ3v) is 5.61. The molecule has 1 aliphatic heterocycles. The number of amides is 3. The number of rotatable bonds is 9. The van der Waals surface area contributed by atoms with Crippen LogP contribution >= 0.6 is 11.8 Å². The normalized spacial score (nSPS) is 14.4. The number of anilines is 1. The Labute approximate surface area is 207 Å². The van der Waals surface area contributed by atoms with Gasteiger partial charge in [0.05, 0.1) is 18.1 Å². The maximum Gasteiger partial charge on any atom is 0.326 e. The van der Waals surface area contributed by atoms with Gasteiger partial charge in [0, 0.05) is 5.69 Å². The number of aryl methyl sites for hydroxylation is 1. The Kier molecular flexibility index (Phi) is 8.53. The van der Waals surface area contributed by atoms with Gasteiger partial charge in [-0.15, -0.1) is 0 Å². The predicted molar refractivity (Wildman–Crippen MR) is 132 cm³/mol. The van der Waals surface area contributed by atoms with Crippen molar-refractivity contribution in [2.45, 2.75) is 26.9 Å². The van der Waals surface area contributed by atoms with E-state index in [-0.39, 0.29) is 23.5 Å². The summed E-state index contributed by atoms with van der Waals surface area (Å²) >= 11 is 0.737. The number of methoxy groups -OCH3 is 1. The molecule has 184 valence electrons. The Bertz CT molecular complexity index is 1160. The number of carbonyl (C=O) groups is 4. The standard InChI is InChI=1S/C25H26N2O7S/c1-15(2)34-23(29)13-27-24(30)21(35-25(27)31)12-17-7-10-19(20(11-17)32-4)33-14-22(28)26-18-8-5-16(3)6-9-18/h5-12,15H,13-14H2,1-4H3,(H,26,28)/b21-12-. The van der Waals surface area contributed by atoms with E-state index in [1.807, 2.05) is 19.1 Å². The van der Waals surface area contributed by atoms with Crippen molar-refractivity contribution in [1.82, 2.24) is 4.90 Å². The summed E-state index contributed by atoms with van der Waals surface area (Å²) in [4.78, 5) is 49.9. The highest BCUT2D eigenvalue weighted by Crippen LogP contribution is 2.34. The van der Waals surface area contributed by atoms with E-state index in [1.165, 1.54) is 13.2 Å². The Hall–Kier alpha value is -3.79. The van der Waals surface area contributed by atoms with Gasteiger partial charge in [0.25, 0.3) is 17.1 Å². The molecule has 1 N–H and O–H groups in total. The molecule has 9 nitrogen and oxygen atoms in total. The highest BCUT2D eigenvalue weighted by atomic mass is 32.2. The number of thioether (sulfide) groups is 1. The Morgan fingerprint density at radius 3 is 2.46 bits per heavy atom. The fourth-order valence-electron chi connectivity index (χ4n) is 3.09. The lowest BCUT2D eigenvalue weighted by molar-refractivity contribution is -0.149. The van der Waals surface area contributed by atoms with Gasteiger partial charge in [-0.05, 0) is 68.4 Å². The monoisotopic (exact) mass is 498 g/mol. The summed E-state index contributed by atoms with van der Waals surface area (Å²) < 4.78 is 16.0. The van der Waals surface area contributed by atoms with Gasteiger partial charge in [-0.25, -0.2) is 0 Å². The number of carbonyl (C=O) groups excluding carboxylic acids is 4. The summed E-state index contributed by atoms with van der Waals surface area (Å²) in [6, 6.07) is 12.3. The highest BCUT2D eigenvalue weighted by Gasteiger charge is 2.36. The van der Waals surface area contributed by atoms with Crippen molar-refractivity contribution in [3.63, 3.8) is 0 Å². The molecule has 0 atom stereocenters. The van der Waals surface area contributed by atoms with Crippen LogP contribution in [0.2, 0.25) is 0 Å². The van der Waals surface area contributed by atoms with E-state index in [4.69, 9.17) is 14.2 Å². The lowest BCUT2D eigenvalue weighted by Gasteiger charge is -2.13. The molecule has 3 amide bonds. The van der Waals surface area contributed by atoms with Crippen molar-refractivity contribution in [1.29, 1.82) is 0 Å². The topological polar surface area (TPSA) is 111 Å². The predicted octanol–water partition coefficient (Wildman–Crippen LogP) is 4.01. The van der Waals surface area contributed by atoms with Gasteiger partial charge in [-0.1, -0.05) is 23.8 Å². The Morgan fingerprint density at radius 2 is 1.80 bits per heavy atom. The Balaban J connectivity index is 1.64. The molecule has 1 fully saturated rings. The van der Waals surface area contributed by atoms with Crippen LogP contribution in [-0.2, 0) is 19.1 Å². The minimum atomic E-state index is -0.655. The zero-order valence-electron chi connectivity index (χ0n) is 19.8. The minimum Gasteiger partial charge on any atom is -0.493 e. The van der Waals surface area contributed by atoms with Crippen molar-refractivity contribution in [2.75, 3.05) is 25.6 Å². The number of hydrogen-bond acceptors (Lipinski definition) is 8. The molecule has 0 radical (unpaired) electrons. The first kappa shape index (κ1) is 25.8. The summed E-state index contributed by atoms with van der Waals surface area (Å²) in [5.41, 5.74) is 2.33. The zero-order chi connectivity index (χ0) is 25.5. The van der Waals surface area contributed by atoms with Gasteiger partial charge in [0.1, 0.15) is 6.54 Å². The second kappa shape index (κ2) is 11.6. The summed E-state index contributed by atoms with van der Waals surface area (Å²) in [7, 11) is 1.45. The number of imide groups is 1. The first-order chi connectivity index (χ1) is 16.7. The fraction of sp³-hybridized carbons (Fsp3) is 0.280. The molecule has 1 heterocycles. The maximum atomic E-state index is 12.6.